The molecule has 30 N–H and O–H groups in total. The third-order valence-electron chi connectivity index (χ3n) is 8.87. The maximum absolute atomic E-state index is 5.72. The molecule has 0 aromatic carbocycles. The number of hydrogen-bond donors (Lipinski definition) is 15. The van der Waals surface area contributed by atoms with Crippen LogP contribution in [0.15, 0.2) is 0 Å². The first-order valence-corrected chi connectivity index (χ1v) is 29.4. The van der Waals surface area contributed by atoms with Gasteiger partial charge in [-0.15, -0.1) is 0 Å². The van der Waals surface area contributed by atoms with Crippen molar-refractivity contribution in [1.82, 2.24) is 0 Å². The van der Waals surface area contributed by atoms with Gasteiger partial charge in [-0.3, -0.25) is 0 Å². The predicted octanol–water partition coefficient (Wildman–Crippen LogP) is -2.52. The van der Waals surface area contributed by atoms with E-state index in [1.165, 1.54) is 0 Å². The summed E-state index contributed by atoms with van der Waals surface area (Å²) in [6.07, 6.45) is 2.80. The van der Waals surface area contributed by atoms with Crippen LogP contribution < -0.4 is 86.0 Å². The molecular weight excluding hydrogens is 1070 g/mol. The summed E-state index contributed by atoms with van der Waals surface area (Å²) < 4.78 is 68.2. The van der Waals surface area contributed by atoms with E-state index in [1.807, 2.05) is 69.2 Å². The maximum atomic E-state index is 5.72. The number of ether oxygens (including phenoxy) is 13. The Morgan fingerprint density at radius 1 is 0.268 bits per heavy atom. The number of nitrogens with two attached hydrogens (primary N) is 15. The van der Waals surface area contributed by atoms with Gasteiger partial charge in [-0.05, 0) is 102 Å². The molecule has 0 amide bonds. The summed E-state index contributed by atoms with van der Waals surface area (Å²) in [5, 5.41) is 0. The smallest absolute Gasteiger partial charge is 0.0941 e. The molecule has 0 saturated carbocycles. The molecule has 0 aliphatic heterocycles. The van der Waals surface area contributed by atoms with E-state index in [0.29, 0.717) is 165 Å². The fourth-order valence-corrected chi connectivity index (χ4v) is 4.99. The predicted molar refractivity (Wildman–Crippen MR) is 335 cm³/mol. The van der Waals surface area contributed by atoms with E-state index in [0.717, 1.165) is 32.5 Å². The van der Waals surface area contributed by atoms with E-state index >= 15 is 0 Å². The van der Waals surface area contributed by atoms with Gasteiger partial charge in [0.2, 0.25) is 0 Å². The van der Waals surface area contributed by atoms with Crippen LogP contribution in [0.25, 0.3) is 0 Å². The molecule has 0 saturated heterocycles. The van der Waals surface area contributed by atoms with Crippen molar-refractivity contribution in [3.8, 4) is 0 Å². The summed E-state index contributed by atoms with van der Waals surface area (Å²) in [4.78, 5) is 0. The first-order chi connectivity index (χ1) is 38.8. The van der Waals surface area contributed by atoms with E-state index < -0.39 is 0 Å². The van der Waals surface area contributed by atoms with E-state index in [-0.39, 0.29) is 79.4 Å². The van der Waals surface area contributed by atoms with Crippen molar-refractivity contribution in [2.45, 2.75) is 156 Å². The molecule has 0 rings (SSSR count). The molecule has 28 nitrogen and oxygen atoms in total. The molecule has 0 spiro atoms. The zero-order valence-corrected chi connectivity index (χ0v) is 53.9. The summed E-state index contributed by atoms with van der Waals surface area (Å²) in [5.41, 5.74) is 80.5. The highest BCUT2D eigenvalue weighted by Gasteiger charge is 2.30. The summed E-state index contributed by atoms with van der Waals surface area (Å²) in [5.74, 6) is 0. The zero-order valence-electron chi connectivity index (χ0n) is 53.9. The molecule has 82 heavy (non-hydrogen) atoms. The summed E-state index contributed by atoms with van der Waals surface area (Å²) in [7, 11) is 0. The zero-order chi connectivity index (χ0) is 64.1. The van der Waals surface area contributed by atoms with Gasteiger partial charge in [0.25, 0.3) is 0 Å². The van der Waals surface area contributed by atoms with Gasteiger partial charge in [0.15, 0.2) is 0 Å². The first-order valence-electron chi connectivity index (χ1n) is 29.4. The average molecular weight is 1200 g/mol. The Morgan fingerprint density at radius 3 is 0.793 bits per heavy atom. The van der Waals surface area contributed by atoms with Crippen molar-refractivity contribution in [2.75, 3.05) is 192 Å². The second-order valence-electron chi connectivity index (χ2n) is 20.4. The lowest BCUT2D eigenvalue weighted by Gasteiger charge is -2.33. The third-order valence-corrected chi connectivity index (χ3v) is 8.87. The highest BCUT2D eigenvalue weighted by atomic mass is 16.6. The van der Waals surface area contributed by atoms with Crippen molar-refractivity contribution in [3.63, 3.8) is 0 Å². The van der Waals surface area contributed by atoms with Gasteiger partial charge in [-0.1, -0.05) is 6.92 Å². The number of hydrogen-bond acceptors (Lipinski definition) is 28. The van der Waals surface area contributed by atoms with E-state index in [4.69, 9.17) is 148 Å². The summed E-state index contributed by atoms with van der Waals surface area (Å²) in [6, 6.07) is 0.673. The fourth-order valence-electron chi connectivity index (χ4n) is 4.99. The molecule has 506 valence electrons. The number of rotatable bonds is 49. The highest BCUT2D eigenvalue weighted by Crippen LogP contribution is 2.24. The minimum atomic E-state index is -0.182. The molecule has 0 aromatic heterocycles. The van der Waals surface area contributed by atoms with Gasteiger partial charge < -0.3 is 148 Å². The average Bonchev–Trinajstić information content (AvgIpc) is 3.39. The molecule has 0 aromatic rings. The molecule has 0 fully saturated rings. The van der Waals surface area contributed by atoms with Crippen LogP contribution in [-0.2, 0) is 61.6 Å². The van der Waals surface area contributed by atoms with E-state index in [2.05, 4.69) is 6.92 Å². The van der Waals surface area contributed by atoms with Crippen LogP contribution >= 0.6 is 0 Å². The molecule has 0 heterocycles. The Bertz CT molecular complexity index is 1020. The van der Waals surface area contributed by atoms with Gasteiger partial charge >= 0.3 is 0 Å². The van der Waals surface area contributed by atoms with Gasteiger partial charge in [-0.2, -0.15) is 0 Å². The Hall–Kier alpha value is -1.12. The van der Waals surface area contributed by atoms with Crippen molar-refractivity contribution < 1.29 is 61.6 Å². The van der Waals surface area contributed by atoms with Crippen LogP contribution in [0, 0.1) is 5.41 Å². The molecule has 10 unspecified atom stereocenters. The van der Waals surface area contributed by atoms with Gasteiger partial charge in [0, 0.05) is 86.1 Å². The van der Waals surface area contributed by atoms with Gasteiger partial charge in [0.05, 0.1) is 158 Å². The van der Waals surface area contributed by atoms with E-state index in [1.54, 1.807) is 0 Å². The molecule has 10 atom stereocenters. The van der Waals surface area contributed by atoms with Crippen molar-refractivity contribution in [2.24, 2.45) is 91.4 Å². The lowest BCUT2D eigenvalue weighted by atomic mass is 9.88. The van der Waals surface area contributed by atoms with Gasteiger partial charge in [-0.25, -0.2) is 0 Å². The maximum Gasteiger partial charge on any atom is 0.0941 e. The topological polar surface area (TPSA) is 510 Å². The van der Waals surface area contributed by atoms with Crippen molar-refractivity contribution in [1.29, 1.82) is 0 Å². The monoisotopic (exact) mass is 1200 g/mol. The normalized spacial score (nSPS) is 15.3. The van der Waals surface area contributed by atoms with Crippen LogP contribution in [-0.4, -0.2) is 252 Å². The van der Waals surface area contributed by atoms with Crippen LogP contribution in [0.1, 0.15) is 95.4 Å². The second kappa shape index (κ2) is 77.9. The van der Waals surface area contributed by atoms with Crippen LogP contribution in [0.3, 0.4) is 0 Å². The van der Waals surface area contributed by atoms with Crippen molar-refractivity contribution in [3.05, 3.63) is 0 Å². The standard InChI is InChI=1S/C15H35N3O3.C11H26N2O3.C8H20N2O2.2C6H16N2O.C4H12N2O2.C4H12N2O/c1-5-15(9-19-6-12(2)16,10-20-7-13(3)17)11-21-8-14(4)18;1-9(12)6-14-4-5-16-11(3)8-15-7-10(2)13;9-3-1-5-11-7-8-12-6-2-4-10;2*1-5(7)3-9-4-6(2)8;5-3-7-1-2-8-4-6;5-1-3-7-4-2-6/h12-14H,5-11,16-18H2,1-4H3;9-11H,4-8,12-13H2,1-3H3;1-10H2;2*5-6H,3-4,7-8H2,1-2H3;1-6H2;1-6H2. The molecular formula is C54H137N15O13. The molecule has 0 aliphatic carbocycles. The lowest BCUT2D eigenvalue weighted by molar-refractivity contribution is -0.0750. The third kappa shape index (κ3) is 107. The van der Waals surface area contributed by atoms with Crippen LogP contribution in [0.2, 0.25) is 0 Å². The van der Waals surface area contributed by atoms with Crippen LogP contribution in [0.4, 0.5) is 0 Å². The van der Waals surface area contributed by atoms with Gasteiger partial charge in [0.1, 0.15) is 0 Å². The molecule has 0 radical (unpaired) electrons. The Morgan fingerprint density at radius 2 is 0.524 bits per heavy atom. The summed E-state index contributed by atoms with van der Waals surface area (Å²) >= 11 is 0. The molecule has 0 bridgehead atoms. The first kappa shape index (κ1) is 94.6. The minimum absolute atomic E-state index is 0.0227. The Labute approximate surface area is 499 Å². The lowest BCUT2D eigenvalue weighted by Crippen LogP contribution is -2.40. The SMILES string of the molecule is CC(N)COCC(C)N.CC(N)COCC(C)N.CC(N)COCCOC(C)COCC(C)N.CCC(COCC(C)N)(COCC(C)N)COCC(C)N.NCCCOCCOCCCN.NCCOCCN.NCOCCOCN. The van der Waals surface area contributed by atoms with E-state index in [9.17, 15) is 0 Å². The molecule has 0 aliphatic rings. The second-order valence-corrected chi connectivity index (χ2v) is 20.4. The highest BCUT2D eigenvalue weighted by molar-refractivity contribution is 4.79. The minimum Gasteiger partial charge on any atom is -0.379 e. The molecule has 28 heteroatoms. The Balaban J connectivity index is -0.000000166. The fraction of sp³-hybridized carbons (Fsp3) is 1.00. The quantitative estimate of drug-likeness (QED) is 0.0221. The van der Waals surface area contributed by atoms with Crippen LogP contribution in [0.5, 0.6) is 0 Å². The van der Waals surface area contributed by atoms with Crippen molar-refractivity contribution >= 4 is 0 Å². The summed E-state index contributed by atoms with van der Waals surface area (Å²) in [6.45, 7) is 37.9. The largest absolute Gasteiger partial charge is 0.379 e. The Kier molecular flexibility index (Phi) is 89.8.